The van der Waals surface area contributed by atoms with Crippen molar-refractivity contribution in [1.29, 1.82) is 0 Å². The molecule has 7 heteroatoms. The van der Waals surface area contributed by atoms with Crippen molar-refractivity contribution in [2.75, 3.05) is 5.75 Å². The van der Waals surface area contributed by atoms with Crippen molar-refractivity contribution in [3.8, 4) is 0 Å². The summed E-state index contributed by atoms with van der Waals surface area (Å²) in [4.78, 5) is 13.5. The zero-order valence-corrected chi connectivity index (χ0v) is 20.1. The van der Waals surface area contributed by atoms with E-state index in [1.807, 2.05) is 12.1 Å². The maximum Gasteiger partial charge on any atom is 0.253 e. The van der Waals surface area contributed by atoms with Crippen molar-refractivity contribution in [3.63, 3.8) is 0 Å². The lowest BCUT2D eigenvalue weighted by atomic mass is 9.95. The van der Waals surface area contributed by atoms with Crippen LogP contribution in [0.4, 0.5) is 0 Å². The van der Waals surface area contributed by atoms with Crippen LogP contribution in [-0.4, -0.2) is 18.7 Å². The lowest BCUT2D eigenvalue weighted by Gasteiger charge is -2.19. The number of sulfonamides is 1. The van der Waals surface area contributed by atoms with E-state index in [2.05, 4.69) is 35.1 Å². The summed E-state index contributed by atoms with van der Waals surface area (Å²) in [6.07, 6.45) is 2.31. The largest absolute Gasteiger partial charge is 0.285 e. The molecule has 3 aromatic carbocycles. The molecule has 4 aromatic rings. The van der Waals surface area contributed by atoms with Crippen LogP contribution in [0.1, 0.15) is 41.6 Å². The Morgan fingerprint density at radius 3 is 2.44 bits per heavy atom. The molecule has 2 aliphatic rings. The SMILES string of the molecule is O=c1cc(Cc2cccc3ccccc23)c(C2CC2)c2n1[C@H](NS(=O)(=O)c1ccccc1)CS2. The van der Waals surface area contributed by atoms with Gasteiger partial charge in [0.05, 0.1) is 9.92 Å². The van der Waals surface area contributed by atoms with Crippen LogP contribution in [0, 0.1) is 0 Å². The highest BCUT2D eigenvalue weighted by atomic mass is 32.2. The van der Waals surface area contributed by atoms with Crippen LogP contribution in [0.15, 0.2) is 93.6 Å². The summed E-state index contributed by atoms with van der Waals surface area (Å²) in [5.41, 5.74) is 3.34. The van der Waals surface area contributed by atoms with Gasteiger partial charge in [0, 0.05) is 11.8 Å². The molecule has 0 spiro atoms. The van der Waals surface area contributed by atoms with Crippen LogP contribution in [-0.2, 0) is 16.4 Å². The Balaban J connectivity index is 1.40. The van der Waals surface area contributed by atoms with E-state index >= 15 is 0 Å². The Morgan fingerprint density at radius 1 is 0.912 bits per heavy atom. The van der Waals surface area contributed by atoms with Gasteiger partial charge >= 0.3 is 0 Å². The molecule has 0 unspecified atom stereocenters. The molecular weight excluding hydrogens is 464 g/mol. The van der Waals surface area contributed by atoms with E-state index in [4.69, 9.17) is 0 Å². The molecule has 1 aliphatic heterocycles. The number of hydrogen-bond donors (Lipinski definition) is 1. The number of pyridine rings is 1. The van der Waals surface area contributed by atoms with Crippen molar-refractivity contribution >= 4 is 32.6 Å². The van der Waals surface area contributed by atoms with Gasteiger partial charge in [-0.15, -0.1) is 11.8 Å². The average molecular weight is 489 g/mol. The number of nitrogens with one attached hydrogen (secondary N) is 1. The molecule has 1 aromatic heterocycles. The van der Waals surface area contributed by atoms with Crippen LogP contribution < -0.4 is 10.3 Å². The van der Waals surface area contributed by atoms with Crippen molar-refractivity contribution in [2.45, 2.75) is 41.3 Å². The molecule has 1 saturated carbocycles. The summed E-state index contributed by atoms with van der Waals surface area (Å²) in [5, 5.41) is 3.31. The molecule has 172 valence electrons. The highest BCUT2D eigenvalue weighted by Gasteiger charge is 2.36. The number of thioether (sulfide) groups is 1. The molecule has 34 heavy (non-hydrogen) atoms. The summed E-state index contributed by atoms with van der Waals surface area (Å²) in [6.45, 7) is 0. The van der Waals surface area contributed by atoms with Gasteiger partial charge in [-0.2, -0.15) is 4.72 Å². The summed E-state index contributed by atoms with van der Waals surface area (Å²) in [7, 11) is -3.73. The van der Waals surface area contributed by atoms with E-state index in [1.165, 1.54) is 21.9 Å². The van der Waals surface area contributed by atoms with E-state index in [0.29, 0.717) is 18.1 Å². The van der Waals surface area contributed by atoms with Gasteiger partial charge in [-0.1, -0.05) is 60.7 Å². The second-order valence-electron chi connectivity index (χ2n) is 8.95. The number of hydrogen-bond acceptors (Lipinski definition) is 4. The lowest BCUT2D eigenvalue weighted by Crippen LogP contribution is -2.37. The molecule has 1 atom stereocenters. The predicted octanol–water partition coefficient (Wildman–Crippen LogP) is 5.05. The first kappa shape index (κ1) is 21.6. The molecule has 1 aliphatic carbocycles. The third kappa shape index (κ3) is 3.87. The number of fused-ring (bicyclic) bond motifs is 2. The predicted molar refractivity (Wildman–Crippen MR) is 136 cm³/mol. The summed E-state index contributed by atoms with van der Waals surface area (Å²) in [6, 6.07) is 24.7. The van der Waals surface area contributed by atoms with Gasteiger partial charge < -0.3 is 0 Å². The van der Waals surface area contributed by atoms with Crippen molar-refractivity contribution in [3.05, 3.63) is 106 Å². The minimum Gasteiger partial charge on any atom is -0.285 e. The molecule has 0 amide bonds. The van der Waals surface area contributed by atoms with Gasteiger partial charge in [0.1, 0.15) is 6.17 Å². The number of nitrogens with zero attached hydrogens (tertiary/aromatic N) is 1. The highest BCUT2D eigenvalue weighted by molar-refractivity contribution is 7.99. The first-order chi connectivity index (χ1) is 16.5. The molecule has 1 fully saturated rings. The Labute approximate surface area is 202 Å². The van der Waals surface area contributed by atoms with Gasteiger partial charge in [-0.25, -0.2) is 8.42 Å². The molecule has 0 bridgehead atoms. The minimum atomic E-state index is -3.73. The first-order valence-electron chi connectivity index (χ1n) is 11.5. The Morgan fingerprint density at radius 2 is 1.65 bits per heavy atom. The molecule has 0 radical (unpaired) electrons. The topological polar surface area (TPSA) is 68.2 Å². The second-order valence-corrected chi connectivity index (χ2v) is 11.7. The van der Waals surface area contributed by atoms with E-state index in [9.17, 15) is 13.2 Å². The maximum atomic E-state index is 13.3. The Hall–Kier alpha value is -2.87. The maximum absolute atomic E-state index is 13.3. The zero-order chi connectivity index (χ0) is 23.3. The molecule has 5 nitrogen and oxygen atoms in total. The molecule has 0 saturated heterocycles. The average Bonchev–Trinajstić information content (AvgIpc) is 3.60. The lowest BCUT2D eigenvalue weighted by molar-refractivity contribution is 0.474. The van der Waals surface area contributed by atoms with E-state index in [-0.39, 0.29) is 10.5 Å². The summed E-state index contributed by atoms with van der Waals surface area (Å²) >= 11 is 1.59. The van der Waals surface area contributed by atoms with Crippen LogP contribution in [0.3, 0.4) is 0 Å². The number of benzene rings is 3. The van der Waals surface area contributed by atoms with Crippen molar-refractivity contribution in [2.24, 2.45) is 0 Å². The fourth-order valence-electron chi connectivity index (χ4n) is 4.88. The van der Waals surface area contributed by atoms with Gasteiger partial charge in [0.2, 0.25) is 10.0 Å². The molecule has 1 N–H and O–H groups in total. The first-order valence-corrected chi connectivity index (χ1v) is 13.9. The fraction of sp³-hybridized carbons (Fsp3) is 0.222. The van der Waals surface area contributed by atoms with Gasteiger partial charge in [0.25, 0.3) is 5.56 Å². The van der Waals surface area contributed by atoms with Gasteiger partial charge in [0.15, 0.2) is 0 Å². The van der Waals surface area contributed by atoms with Crippen molar-refractivity contribution < 1.29 is 8.42 Å². The zero-order valence-electron chi connectivity index (χ0n) is 18.5. The standard InChI is InChI=1S/C27H24N2O3S2/c30-25-16-21(15-20-9-6-8-18-7-4-5-12-23(18)20)26(19-13-14-19)27-29(25)24(17-33-27)28-34(31,32)22-10-2-1-3-11-22/h1-12,16,19,24,28H,13-15,17H2/t24-/m0/s1. The molecular formula is C27H24N2O3S2. The molecule has 6 rings (SSSR count). The smallest absolute Gasteiger partial charge is 0.253 e. The number of aromatic nitrogens is 1. The van der Waals surface area contributed by atoms with Crippen LogP contribution >= 0.6 is 11.8 Å². The third-order valence-electron chi connectivity index (χ3n) is 6.61. The van der Waals surface area contributed by atoms with Crippen molar-refractivity contribution in [1.82, 2.24) is 9.29 Å². The van der Waals surface area contributed by atoms with E-state index in [1.54, 1.807) is 52.7 Å². The van der Waals surface area contributed by atoms with E-state index in [0.717, 1.165) is 23.4 Å². The van der Waals surface area contributed by atoms with E-state index < -0.39 is 16.2 Å². The normalized spacial score (nSPS) is 17.7. The van der Waals surface area contributed by atoms with Crippen LogP contribution in [0.2, 0.25) is 0 Å². The molecule has 2 heterocycles. The van der Waals surface area contributed by atoms with Crippen LogP contribution in [0.5, 0.6) is 0 Å². The fourth-order valence-corrected chi connectivity index (χ4v) is 7.54. The summed E-state index contributed by atoms with van der Waals surface area (Å²) in [5.74, 6) is 0.933. The minimum absolute atomic E-state index is 0.152. The number of rotatable bonds is 6. The Bertz CT molecular complexity index is 1550. The highest BCUT2D eigenvalue weighted by Crippen LogP contribution is 2.48. The van der Waals surface area contributed by atoms with Gasteiger partial charge in [-0.05, 0) is 64.8 Å². The van der Waals surface area contributed by atoms with Crippen LogP contribution in [0.25, 0.3) is 10.8 Å². The van der Waals surface area contributed by atoms with Gasteiger partial charge in [-0.3, -0.25) is 9.36 Å². The quantitative estimate of drug-likeness (QED) is 0.412. The second kappa shape index (κ2) is 8.41. The third-order valence-corrected chi connectivity index (χ3v) is 9.26. The Kier molecular flexibility index (Phi) is 5.36. The monoisotopic (exact) mass is 488 g/mol. The summed E-state index contributed by atoms with van der Waals surface area (Å²) < 4.78 is 30.3.